The molecule has 6 heteroatoms. The maximum Gasteiger partial charge on any atom is 0.251 e. The lowest BCUT2D eigenvalue weighted by atomic mass is 10.1. The van der Waals surface area contributed by atoms with Crippen LogP contribution in [0.1, 0.15) is 29.6 Å². The summed E-state index contributed by atoms with van der Waals surface area (Å²) in [7, 11) is 3.87. The summed E-state index contributed by atoms with van der Waals surface area (Å²) in [4.78, 5) is 25.9. The fraction of sp³-hybridized carbons (Fsp3) is 0.444. The average molecular weight is 330 g/mol. The molecule has 2 atom stereocenters. The van der Waals surface area contributed by atoms with Crippen LogP contribution in [0.2, 0.25) is 0 Å². The second-order valence-electron chi connectivity index (χ2n) is 6.47. The first kappa shape index (κ1) is 18.2. The minimum absolute atomic E-state index is 0.0992. The lowest BCUT2D eigenvalue weighted by Crippen LogP contribution is -2.34. The fourth-order valence-electron chi connectivity index (χ4n) is 2.68. The summed E-state index contributed by atoms with van der Waals surface area (Å²) in [5.41, 5.74) is 7.10. The van der Waals surface area contributed by atoms with Gasteiger partial charge in [-0.3, -0.25) is 9.59 Å². The van der Waals surface area contributed by atoms with Crippen molar-refractivity contribution in [2.45, 2.75) is 31.3 Å². The molecule has 0 aliphatic heterocycles. The number of amides is 2. The van der Waals surface area contributed by atoms with E-state index in [9.17, 15) is 9.59 Å². The van der Waals surface area contributed by atoms with Crippen LogP contribution < -0.4 is 16.4 Å². The first-order chi connectivity index (χ1) is 11.4. The highest BCUT2D eigenvalue weighted by molar-refractivity contribution is 6.00. The van der Waals surface area contributed by atoms with Gasteiger partial charge in [0.15, 0.2) is 0 Å². The number of hydrogen-bond donors (Lipinski definition) is 3. The molecule has 0 heterocycles. The topological polar surface area (TPSA) is 87.5 Å². The van der Waals surface area contributed by atoms with E-state index in [1.807, 2.05) is 19.0 Å². The van der Waals surface area contributed by atoms with Crippen molar-refractivity contribution in [1.29, 1.82) is 0 Å². The zero-order valence-electron chi connectivity index (χ0n) is 14.3. The zero-order valence-corrected chi connectivity index (χ0v) is 14.3. The van der Waals surface area contributed by atoms with Gasteiger partial charge in [0.05, 0.1) is 0 Å². The van der Waals surface area contributed by atoms with Gasteiger partial charge >= 0.3 is 0 Å². The van der Waals surface area contributed by atoms with Gasteiger partial charge in [0.1, 0.15) is 0 Å². The van der Waals surface area contributed by atoms with Crippen molar-refractivity contribution in [1.82, 2.24) is 10.2 Å². The molecular weight excluding hydrogens is 304 g/mol. The molecule has 0 radical (unpaired) electrons. The smallest absolute Gasteiger partial charge is 0.251 e. The van der Waals surface area contributed by atoms with Crippen LogP contribution in [0.3, 0.4) is 0 Å². The minimum atomic E-state index is -0.186. The summed E-state index contributed by atoms with van der Waals surface area (Å²) in [6, 6.07) is 7.23. The predicted molar refractivity (Wildman–Crippen MR) is 95.8 cm³/mol. The van der Waals surface area contributed by atoms with Gasteiger partial charge in [-0.1, -0.05) is 6.08 Å². The van der Waals surface area contributed by atoms with Gasteiger partial charge < -0.3 is 21.3 Å². The van der Waals surface area contributed by atoms with Crippen LogP contribution in [0.25, 0.3) is 0 Å². The van der Waals surface area contributed by atoms with Crippen LogP contribution in [0.4, 0.5) is 5.69 Å². The monoisotopic (exact) mass is 330 g/mol. The van der Waals surface area contributed by atoms with Gasteiger partial charge in [0.2, 0.25) is 5.91 Å². The Labute approximate surface area is 143 Å². The summed E-state index contributed by atoms with van der Waals surface area (Å²) in [6.07, 6.45) is 6.02. The summed E-state index contributed by atoms with van der Waals surface area (Å²) in [5, 5.41) is 5.77. The van der Waals surface area contributed by atoms with Crippen molar-refractivity contribution < 1.29 is 9.59 Å². The van der Waals surface area contributed by atoms with Crippen molar-refractivity contribution in [3.63, 3.8) is 0 Å². The second kappa shape index (κ2) is 8.61. The van der Waals surface area contributed by atoms with Crippen molar-refractivity contribution in [2.75, 3.05) is 26.0 Å². The normalized spacial score (nSPS) is 20.5. The molecule has 1 aliphatic rings. The van der Waals surface area contributed by atoms with Crippen LogP contribution in [0, 0.1) is 0 Å². The molecule has 6 nitrogen and oxygen atoms in total. The third kappa shape index (κ3) is 5.79. The molecule has 2 unspecified atom stereocenters. The van der Waals surface area contributed by atoms with Crippen LogP contribution in [-0.2, 0) is 4.79 Å². The lowest BCUT2D eigenvalue weighted by molar-refractivity contribution is -0.111. The Morgan fingerprint density at radius 1 is 1.25 bits per heavy atom. The minimum Gasteiger partial charge on any atom is -0.349 e. The van der Waals surface area contributed by atoms with Crippen LogP contribution >= 0.6 is 0 Å². The summed E-state index contributed by atoms with van der Waals surface area (Å²) < 4.78 is 0. The molecule has 24 heavy (non-hydrogen) atoms. The first-order valence-corrected chi connectivity index (χ1v) is 8.23. The van der Waals surface area contributed by atoms with Crippen molar-refractivity contribution in [3.8, 4) is 0 Å². The first-order valence-electron chi connectivity index (χ1n) is 8.23. The molecule has 1 aliphatic carbocycles. The Morgan fingerprint density at radius 3 is 2.54 bits per heavy atom. The molecule has 130 valence electrons. The van der Waals surface area contributed by atoms with E-state index in [1.54, 1.807) is 30.3 Å². The van der Waals surface area contributed by atoms with E-state index in [0.717, 1.165) is 19.3 Å². The van der Waals surface area contributed by atoms with E-state index < -0.39 is 0 Å². The van der Waals surface area contributed by atoms with Gasteiger partial charge in [-0.25, -0.2) is 0 Å². The third-order valence-corrected chi connectivity index (χ3v) is 3.96. The number of carbonyl (C=O) groups is 2. The predicted octanol–water partition coefficient (Wildman–Crippen LogP) is 1.35. The molecule has 1 aromatic carbocycles. The fourth-order valence-corrected chi connectivity index (χ4v) is 2.68. The Kier molecular flexibility index (Phi) is 6.52. The number of carbonyl (C=O) groups excluding carboxylic acids is 2. The quantitative estimate of drug-likeness (QED) is 0.687. The van der Waals surface area contributed by atoms with Crippen molar-refractivity contribution in [2.24, 2.45) is 5.73 Å². The molecular formula is C18H26N4O2. The molecule has 1 saturated carbocycles. The van der Waals surface area contributed by atoms with Gasteiger partial charge in [-0.2, -0.15) is 0 Å². The maximum absolute atomic E-state index is 12.2. The van der Waals surface area contributed by atoms with E-state index in [2.05, 4.69) is 10.6 Å². The van der Waals surface area contributed by atoms with E-state index in [4.69, 9.17) is 5.73 Å². The standard InChI is InChI=1S/C18H26N4O2/c1-22(2)11-3-4-17(23)20-15-8-5-13(6-9-15)18(24)21-16-10-7-14(19)12-16/h3-6,8-9,14,16H,7,10-12,19H2,1-2H3,(H,20,23)(H,21,24)/b4-3+. The van der Waals surface area contributed by atoms with Crippen LogP contribution in [0.5, 0.6) is 0 Å². The Balaban J connectivity index is 1.84. The van der Waals surface area contributed by atoms with E-state index in [0.29, 0.717) is 17.8 Å². The van der Waals surface area contributed by atoms with Crippen LogP contribution in [-0.4, -0.2) is 49.4 Å². The van der Waals surface area contributed by atoms with Gasteiger partial charge in [0.25, 0.3) is 5.91 Å². The molecule has 1 fully saturated rings. The molecule has 0 aromatic heterocycles. The SMILES string of the molecule is CN(C)C/C=C/C(=O)Nc1ccc(C(=O)NC2CCC(N)C2)cc1. The third-order valence-electron chi connectivity index (χ3n) is 3.96. The number of likely N-dealkylation sites (N-methyl/N-ethyl adjacent to an activating group) is 1. The highest BCUT2D eigenvalue weighted by Crippen LogP contribution is 2.18. The molecule has 0 spiro atoms. The average Bonchev–Trinajstić information content (AvgIpc) is 2.92. The molecule has 0 bridgehead atoms. The number of nitrogens with zero attached hydrogens (tertiary/aromatic N) is 1. The second-order valence-corrected chi connectivity index (χ2v) is 6.47. The largest absolute Gasteiger partial charge is 0.349 e. The van der Waals surface area contributed by atoms with Crippen LogP contribution in [0.15, 0.2) is 36.4 Å². The van der Waals surface area contributed by atoms with E-state index in [-0.39, 0.29) is 23.9 Å². The van der Waals surface area contributed by atoms with Gasteiger partial charge in [-0.15, -0.1) is 0 Å². The maximum atomic E-state index is 12.2. The molecule has 1 aromatic rings. The van der Waals surface area contributed by atoms with E-state index >= 15 is 0 Å². The number of rotatable bonds is 6. The number of anilines is 1. The molecule has 0 saturated heterocycles. The number of hydrogen-bond acceptors (Lipinski definition) is 4. The highest BCUT2D eigenvalue weighted by Gasteiger charge is 2.23. The van der Waals surface area contributed by atoms with Gasteiger partial charge in [0, 0.05) is 36.0 Å². The summed E-state index contributed by atoms with van der Waals surface area (Å²) >= 11 is 0. The van der Waals surface area contributed by atoms with Crippen molar-refractivity contribution >= 4 is 17.5 Å². The Hall–Kier alpha value is -2.18. The molecule has 2 rings (SSSR count). The highest BCUT2D eigenvalue weighted by atomic mass is 16.2. The summed E-state index contributed by atoms with van der Waals surface area (Å²) in [6.45, 7) is 0.706. The zero-order chi connectivity index (χ0) is 17.5. The summed E-state index contributed by atoms with van der Waals surface area (Å²) in [5.74, 6) is -0.285. The van der Waals surface area contributed by atoms with Crippen molar-refractivity contribution in [3.05, 3.63) is 42.0 Å². The van der Waals surface area contributed by atoms with Gasteiger partial charge in [-0.05, 0) is 57.6 Å². The molecule has 2 amide bonds. The Morgan fingerprint density at radius 2 is 1.96 bits per heavy atom. The Bertz CT molecular complexity index is 596. The number of nitrogens with one attached hydrogen (secondary N) is 2. The van der Waals surface area contributed by atoms with E-state index in [1.165, 1.54) is 6.08 Å². The number of benzene rings is 1. The number of nitrogens with two attached hydrogens (primary N) is 1. The molecule has 4 N–H and O–H groups in total. The lowest BCUT2D eigenvalue weighted by Gasteiger charge is -2.12.